The lowest BCUT2D eigenvalue weighted by Crippen LogP contribution is -2.34. The smallest absolute Gasteiger partial charge is 0.313 e. The van der Waals surface area contributed by atoms with Gasteiger partial charge in [0.25, 0.3) is 0 Å². The summed E-state index contributed by atoms with van der Waals surface area (Å²) in [5.41, 5.74) is 3.44. The summed E-state index contributed by atoms with van der Waals surface area (Å²) in [6.07, 6.45) is 0. The first-order valence-corrected chi connectivity index (χ1v) is 7.24. The summed E-state index contributed by atoms with van der Waals surface area (Å²) >= 11 is 5.98. The molecular weight excluding hydrogens is 300 g/mol. The van der Waals surface area contributed by atoms with E-state index in [0.29, 0.717) is 17.3 Å². The molecule has 4 nitrogen and oxygen atoms in total. The Morgan fingerprint density at radius 2 is 1.82 bits per heavy atom. The number of amides is 2. The molecule has 2 aromatic carbocycles. The average Bonchev–Trinajstić information content (AvgIpc) is 2.48. The number of hydrogen-bond acceptors (Lipinski definition) is 2. The minimum Gasteiger partial charge on any atom is -0.344 e. The van der Waals surface area contributed by atoms with Gasteiger partial charge >= 0.3 is 11.8 Å². The minimum absolute atomic E-state index is 0.308. The Bertz CT molecular complexity index is 714. The van der Waals surface area contributed by atoms with Crippen LogP contribution in [0.5, 0.6) is 0 Å². The number of hydrogen-bond donors (Lipinski definition) is 2. The van der Waals surface area contributed by atoms with Crippen molar-refractivity contribution in [2.24, 2.45) is 0 Å². The van der Waals surface area contributed by atoms with E-state index in [1.54, 1.807) is 18.2 Å². The number of aryl methyl sites for hydroxylation is 2. The molecular formula is C17H17ClN2O2. The second-order valence-electron chi connectivity index (χ2n) is 5.09. The van der Waals surface area contributed by atoms with Crippen molar-refractivity contribution in [3.05, 3.63) is 64.2 Å². The van der Waals surface area contributed by atoms with Gasteiger partial charge < -0.3 is 10.6 Å². The molecule has 114 valence electrons. The quantitative estimate of drug-likeness (QED) is 0.854. The Kier molecular flexibility index (Phi) is 5.17. The SMILES string of the molecule is Cc1cccc(CNC(=O)C(=O)Nc2ccc(C)c(Cl)c2)c1. The van der Waals surface area contributed by atoms with E-state index in [-0.39, 0.29) is 0 Å². The van der Waals surface area contributed by atoms with Crippen LogP contribution in [0.15, 0.2) is 42.5 Å². The van der Waals surface area contributed by atoms with Gasteiger partial charge in [-0.15, -0.1) is 0 Å². The van der Waals surface area contributed by atoms with Crippen LogP contribution in [0, 0.1) is 13.8 Å². The molecule has 2 N–H and O–H groups in total. The highest BCUT2D eigenvalue weighted by Gasteiger charge is 2.13. The number of carbonyl (C=O) groups excluding carboxylic acids is 2. The van der Waals surface area contributed by atoms with Gasteiger partial charge in [-0.05, 0) is 37.1 Å². The molecule has 22 heavy (non-hydrogen) atoms. The molecule has 0 atom stereocenters. The Morgan fingerprint density at radius 3 is 2.50 bits per heavy atom. The van der Waals surface area contributed by atoms with E-state index in [2.05, 4.69) is 10.6 Å². The van der Waals surface area contributed by atoms with Gasteiger partial charge in [-0.25, -0.2) is 0 Å². The zero-order chi connectivity index (χ0) is 16.1. The van der Waals surface area contributed by atoms with Crippen molar-refractivity contribution in [3.63, 3.8) is 0 Å². The fourth-order valence-electron chi connectivity index (χ4n) is 1.94. The predicted molar refractivity (Wildman–Crippen MR) is 87.8 cm³/mol. The maximum Gasteiger partial charge on any atom is 0.313 e. The molecule has 0 fully saturated rings. The van der Waals surface area contributed by atoms with Gasteiger partial charge in [-0.2, -0.15) is 0 Å². The molecule has 2 rings (SSSR count). The van der Waals surface area contributed by atoms with Crippen LogP contribution < -0.4 is 10.6 Å². The highest BCUT2D eigenvalue weighted by atomic mass is 35.5. The third-order valence-corrected chi connectivity index (χ3v) is 3.58. The van der Waals surface area contributed by atoms with Crippen LogP contribution in [0.25, 0.3) is 0 Å². The first-order valence-electron chi connectivity index (χ1n) is 6.86. The van der Waals surface area contributed by atoms with E-state index < -0.39 is 11.8 Å². The fraction of sp³-hybridized carbons (Fsp3) is 0.176. The Balaban J connectivity index is 1.92. The summed E-state index contributed by atoms with van der Waals surface area (Å²) in [5.74, 6) is -1.40. The summed E-state index contributed by atoms with van der Waals surface area (Å²) in [6.45, 7) is 4.14. The largest absolute Gasteiger partial charge is 0.344 e. The van der Waals surface area contributed by atoms with Crippen LogP contribution in [0.2, 0.25) is 5.02 Å². The van der Waals surface area contributed by atoms with Gasteiger partial charge in [0, 0.05) is 17.3 Å². The molecule has 2 amide bonds. The van der Waals surface area contributed by atoms with Gasteiger partial charge in [0.05, 0.1) is 0 Å². The number of halogens is 1. The van der Waals surface area contributed by atoms with Gasteiger partial charge in [-0.3, -0.25) is 9.59 Å². The molecule has 0 unspecified atom stereocenters. The zero-order valence-electron chi connectivity index (χ0n) is 12.4. The number of anilines is 1. The van der Waals surface area contributed by atoms with E-state index >= 15 is 0 Å². The fourth-order valence-corrected chi connectivity index (χ4v) is 2.12. The molecule has 0 aliphatic carbocycles. The zero-order valence-corrected chi connectivity index (χ0v) is 13.2. The van der Waals surface area contributed by atoms with Gasteiger partial charge in [0.1, 0.15) is 0 Å². The molecule has 0 spiro atoms. The minimum atomic E-state index is -0.715. The van der Waals surface area contributed by atoms with Crippen molar-refractivity contribution < 1.29 is 9.59 Å². The molecule has 2 aromatic rings. The van der Waals surface area contributed by atoms with E-state index in [0.717, 1.165) is 16.7 Å². The molecule has 0 aliphatic heterocycles. The molecule has 0 aromatic heterocycles. The van der Waals surface area contributed by atoms with Crippen molar-refractivity contribution in [2.75, 3.05) is 5.32 Å². The lowest BCUT2D eigenvalue weighted by molar-refractivity contribution is -0.136. The van der Waals surface area contributed by atoms with Crippen LogP contribution in [0.3, 0.4) is 0 Å². The summed E-state index contributed by atoms with van der Waals surface area (Å²) in [7, 11) is 0. The normalized spacial score (nSPS) is 10.1. The Labute approximate surface area is 134 Å². The van der Waals surface area contributed by atoms with Gasteiger partial charge in [0.15, 0.2) is 0 Å². The second-order valence-corrected chi connectivity index (χ2v) is 5.50. The van der Waals surface area contributed by atoms with Gasteiger partial charge in [0.2, 0.25) is 0 Å². The number of nitrogens with one attached hydrogen (secondary N) is 2. The van der Waals surface area contributed by atoms with Crippen LogP contribution in [-0.2, 0) is 16.1 Å². The van der Waals surface area contributed by atoms with E-state index in [9.17, 15) is 9.59 Å². The third-order valence-electron chi connectivity index (χ3n) is 3.17. The van der Waals surface area contributed by atoms with Crippen LogP contribution in [0.1, 0.15) is 16.7 Å². The van der Waals surface area contributed by atoms with Crippen molar-refractivity contribution in [1.82, 2.24) is 5.32 Å². The van der Waals surface area contributed by atoms with Crippen molar-refractivity contribution in [1.29, 1.82) is 0 Å². The summed E-state index contributed by atoms with van der Waals surface area (Å²) in [6, 6.07) is 12.8. The van der Waals surface area contributed by atoms with E-state index in [1.165, 1.54) is 0 Å². The lowest BCUT2D eigenvalue weighted by Gasteiger charge is -2.08. The second kappa shape index (κ2) is 7.09. The van der Waals surface area contributed by atoms with Crippen molar-refractivity contribution in [3.8, 4) is 0 Å². The molecule has 0 heterocycles. The first-order chi connectivity index (χ1) is 10.5. The van der Waals surface area contributed by atoms with Gasteiger partial charge in [-0.1, -0.05) is 47.5 Å². The number of carbonyl (C=O) groups is 2. The number of benzene rings is 2. The molecule has 0 saturated carbocycles. The van der Waals surface area contributed by atoms with E-state index in [1.807, 2.05) is 38.1 Å². The molecule has 0 saturated heterocycles. The predicted octanol–water partition coefficient (Wildman–Crippen LogP) is 3.21. The molecule has 0 bridgehead atoms. The molecule has 0 radical (unpaired) electrons. The van der Waals surface area contributed by atoms with Crippen LogP contribution in [0.4, 0.5) is 5.69 Å². The first kappa shape index (κ1) is 16.0. The average molecular weight is 317 g/mol. The summed E-state index contributed by atoms with van der Waals surface area (Å²) in [4.78, 5) is 23.6. The summed E-state index contributed by atoms with van der Waals surface area (Å²) < 4.78 is 0. The topological polar surface area (TPSA) is 58.2 Å². The van der Waals surface area contributed by atoms with Crippen molar-refractivity contribution >= 4 is 29.1 Å². The monoisotopic (exact) mass is 316 g/mol. The molecule has 5 heteroatoms. The molecule has 0 aliphatic rings. The van der Waals surface area contributed by atoms with E-state index in [4.69, 9.17) is 11.6 Å². The third kappa shape index (κ3) is 4.33. The van der Waals surface area contributed by atoms with Crippen molar-refractivity contribution in [2.45, 2.75) is 20.4 Å². The maximum atomic E-state index is 11.8. The number of rotatable bonds is 3. The Hall–Kier alpha value is -2.33. The van der Waals surface area contributed by atoms with Crippen LogP contribution in [-0.4, -0.2) is 11.8 Å². The highest BCUT2D eigenvalue weighted by molar-refractivity contribution is 6.39. The Morgan fingerprint density at radius 1 is 1.05 bits per heavy atom. The standard InChI is InChI=1S/C17H17ClN2O2/c1-11-4-3-5-13(8-11)10-19-16(21)17(22)20-14-7-6-12(2)15(18)9-14/h3-9H,10H2,1-2H3,(H,19,21)(H,20,22). The lowest BCUT2D eigenvalue weighted by atomic mass is 10.1. The summed E-state index contributed by atoms with van der Waals surface area (Å²) in [5, 5.41) is 5.65. The van der Waals surface area contributed by atoms with Crippen LogP contribution >= 0.6 is 11.6 Å². The highest BCUT2D eigenvalue weighted by Crippen LogP contribution is 2.19. The maximum absolute atomic E-state index is 11.8.